The number of alkyl halides is 3. The van der Waals surface area contributed by atoms with Gasteiger partial charge in [-0.05, 0) is 43.4 Å². The summed E-state index contributed by atoms with van der Waals surface area (Å²) < 4.78 is 65.7. The molecule has 3 saturated carbocycles. The molecule has 3 fully saturated rings. The third-order valence-electron chi connectivity index (χ3n) is 4.37. The van der Waals surface area contributed by atoms with Crippen molar-refractivity contribution in [1.82, 2.24) is 0 Å². The fourth-order valence-electron chi connectivity index (χ4n) is 3.60. The maximum absolute atomic E-state index is 12.4. The third-order valence-corrected chi connectivity index (χ3v) is 6.55. The number of rotatable bonds is 3. The SMILES string of the molecule is CC1(C)CC2CCC(OS(=O)(=O)CC(F)(F)F)(CC2)C1=S. The van der Waals surface area contributed by atoms with Crippen LogP contribution in [0.5, 0.6) is 0 Å². The lowest BCUT2D eigenvalue weighted by Gasteiger charge is -2.38. The molecule has 21 heavy (non-hydrogen) atoms. The minimum absolute atomic E-state index is 0.386. The fraction of sp³-hybridized carbons (Fsp3) is 0.923. The van der Waals surface area contributed by atoms with E-state index in [2.05, 4.69) is 0 Å². The number of halogens is 3. The first-order valence-electron chi connectivity index (χ1n) is 6.90. The topological polar surface area (TPSA) is 43.4 Å². The molecule has 0 N–H and O–H groups in total. The predicted octanol–water partition coefficient (Wildman–Crippen LogP) is 3.62. The lowest BCUT2D eigenvalue weighted by atomic mass is 9.79. The van der Waals surface area contributed by atoms with Gasteiger partial charge in [0.25, 0.3) is 10.1 Å². The molecule has 3 rings (SSSR count). The van der Waals surface area contributed by atoms with E-state index < -0.39 is 33.1 Å². The standard InChI is InChI=1S/C13H19F3O3S2/c1-11(2)7-9-3-5-12(6-4-9,10(11)20)19-21(17,18)8-13(14,15)16/h9H,3-8H2,1-2H3. The fourth-order valence-corrected chi connectivity index (χ4v) is 5.18. The van der Waals surface area contributed by atoms with Gasteiger partial charge in [0.1, 0.15) is 5.60 Å². The monoisotopic (exact) mass is 344 g/mol. The number of thiocarbonyl (C=S) groups is 1. The molecular weight excluding hydrogens is 325 g/mol. The number of fused-ring (bicyclic) bond motifs is 4. The first-order valence-corrected chi connectivity index (χ1v) is 8.89. The molecule has 0 radical (unpaired) electrons. The van der Waals surface area contributed by atoms with Crippen LogP contribution in [0.2, 0.25) is 0 Å². The largest absolute Gasteiger partial charge is 0.405 e. The van der Waals surface area contributed by atoms with E-state index in [-0.39, 0.29) is 0 Å². The maximum atomic E-state index is 12.4. The van der Waals surface area contributed by atoms with Crippen molar-refractivity contribution < 1.29 is 25.8 Å². The van der Waals surface area contributed by atoms with Crippen LogP contribution < -0.4 is 0 Å². The van der Waals surface area contributed by atoms with Crippen LogP contribution in [-0.2, 0) is 14.3 Å². The molecule has 2 bridgehead atoms. The van der Waals surface area contributed by atoms with E-state index in [1.165, 1.54) is 0 Å². The van der Waals surface area contributed by atoms with Crippen molar-refractivity contribution in [3.8, 4) is 0 Å². The van der Waals surface area contributed by atoms with Gasteiger partial charge in [-0.25, -0.2) is 0 Å². The predicted molar refractivity (Wildman–Crippen MR) is 76.6 cm³/mol. The number of hydrogen-bond donors (Lipinski definition) is 0. The zero-order chi connectivity index (χ0) is 16.1. The molecule has 122 valence electrons. The first kappa shape index (κ1) is 17.1. The van der Waals surface area contributed by atoms with Crippen LogP contribution in [0.15, 0.2) is 0 Å². The zero-order valence-corrected chi connectivity index (χ0v) is 13.6. The summed E-state index contributed by atoms with van der Waals surface area (Å²) in [7, 11) is -4.70. The Bertz CT molecular complexity index is 529. The van der Waals surface area contributed by atoms with Gasteiger partial charge >= 0.3 is 6.18 Å². The Kier molecular flexibility index (Phi) is 4.22. The molecule has 3 aliphatic rings. The summed E-state index contributed by atoms with van der Waals surface area (Å²) >= 11 is 5.43. The lowest BCUT2D eigenvalue weighted by molar-refractivity contribution is -0.108. The second-order valence-corrected chi connectivity index (χ2v) is 8.73. The highest BCUT2D eigenvalue weighted by molar-refractivity contribution is 7.87. The molecule has 0 saturated heterocycles. The Morgan fingerprint density at radius 1 is 1.29 bits per heavy atom. The minimum Gasteiger partial charge on any atom is -0.258 e. The molecule has 3 nitrogen and oxygen atoms in total. The Morgan fingerprint density at radius 3 is 2.29 bits per heavy atom. The van der Waals surface area contributed by atoms with Gasteiger partial charge in [-0.3, -0.25) is 4.18 Å². The Labute approximate surface area is 128 Å². The summed E-state index contributed by atoms with van der Waals surface area (Å²) in [6.07, 6.45) is -1.73. The highest BCUT2D eigenvalue weighted by Crippen LogP contribution is 2.50. The van der Waals surface area contributed by atoms with Gasteiger partial charge in [-0.2, -0.15) is 21.6 Å². The van der Waals surface area contributed by atoms with E-state index in [0.29, 0.717) is 23.6 Å². The molecule has 0 aromatic carbocycles. The highest BCUT2D eigenvalue weighted by atomic mass is 32.2. The first-order chi connectivity index (χ1) is 9.35. The summed E-state index contributed by atoms with van der Waals surface area (Å²) in [5, 5.41) is 0. The van der Waals surface area contributed by atoms with Crippen molar-refractivity contribution in [1.29, 1.82) is 0 Å². The van der Waals surface area contributed by atoms with Crippen LogP contribution in [0.1, 0.15) is 46.0 Å². The van der Waals surface area contributed by atoms with Crippen LogP contribution >= 0.6 is 12.2 Å². The van der Waals surface area contributed by atoms with Gasteiger partial charge in [0.15, 0.2) is 5.75 Å². The molecule has 0 aromatic rings. The molecule has 0 amide bonds. The lowest BCUT2D eigenvalue weighted by Crippen LogP contribution is -2.48. The van der Waals surface area contributed by atoms with E-state index in [0.717, 1.165) is 19.3 Å². The van der Waals surface area contributed by atoms with Crippen molar-refractivity contribution in [2.45, 2.75) is 57.7 Å². The number of hydrogen-bond acceptors (Lipinski definition) is 4. The van der Waals surface area contributed by atoms with Gasteiger partial charge in [0.05, 0.1) is 0 Å². The van der Waals surface area contributed by atoms with Crippen LogP contribution in [0.4, 0.5) is 13.2 Å². The van der Waals surface area contributed by atoms with Crippen LogP contribution in [0.3, 0.4) is 0 Å². The normalized spacial score (nSPS) is 33.0. The molecule has 0 unspecified atom stereocenters. The van der Waals surface area contributed by atoms with E-state index in [1.807, 2.05) is 13.8 Å². The van der Waals surface area contributed by atoms with Crippen LogP contribution in [0.25, 0.3) is 0 Å². The molecule has 0 aliphatic heterocycles. The smallest absolute Gasteiger partial charge is 0.258 e. The van der Waals surface area contributed by atoms with Crippen molar-refractivity contribution in [2.24, 2.45) is 11.3 Å². The summed E-state index contributed by atoms with van der Waals surface area (Å²) in [5.41, 5.74) is -1.64. The van der Waals surface area contributed by atoms with Crippen molar-refractivity contribution in [3.63, 3.8) is 0 Å². The average molecular weight is 344 g/mol. The molecule has 8 heteroatoms. The van der Waals surface area contributed by atoms with E-state index in [1.54, 1.807) is 0 Å². The molecule has 0 spiro atoms. The molecule has 0 atom stereocenters. The zero-order valence-electron chi connectivity index (χ0n) is 12.0. The summed E-state index contributed by atoms with van der Waals surface area (Å²) in [4.78, 5) is 0.445. The average Bonchev–Trinajstić information content (AvgIpc) is 2.39. The van der Waals surface area contributed by atoms with Crippen molar-refractivity contribution in [2.75, 3.05) is 5.75 Å². The quantitative estimate of drug-likeness (QED) is 0.579. The Hall–Kier alpha value is -0.210. The van der Waals surface area contributed by atoms with Crippen molar-refractivity contribution in [3.05, 3.63) is 0 Å². The van der Waals surface area contributed by atoms with E-state index >= 15 is 0 Å². The summed E-state index contributed by atoms with van der Waals surface area (Å²) in [5.74, 6) is -1.53. The van der Waals surface area contributed by atoms with E-state index in [9.17, 15) is 21.6 Å². The molecular formula is C13H19F3O3S2. The van der Waals surface area contributed by atoms with Gasteiger partial charge in [-0.1, -0.05) is 26.1 Å². The third kappa shape index (κ3) is 3.76. The van der Waals surface area contributed by atoms with E-state index in [4.69, 9.17) is 16.4 Å². The molecule has 3 aliphatic carbocycles. The molecule has 0 heterocycles. The van der Waals surface area contributed by atoms with Gasteiger partial charge < -0.3 is 0 Å². The summed E-state index contributed by atoms with van der Waals surface area (Å²) in [6.45, 7) is 3.82. The summed E-state index contributed by atoms with van der Waals surface area (Å²) in [6, 6.07) is 0. The maximum Gasteiger partial charge on any atom is 0.405 e. The minimum atomic E-state index is -4.81. The Balaban J connectivity index is 2.30. The second-order valence-electron chi connectivity index (χ2n) is 6.76. The van der Waals surface area contributed by atoms with Crippen LogP contribution in [0, 0.1) is 11.3 Å². The van der Waals surface area contributed by atoms with Crippen molar-refractivity contribution >= 4 is 27.2 Å². The van der Waals surface area contributed by atoms with Gasteiger partial charge in [-0.15, -0.1) is 0 Å². The Morgan fingerprint density at radius 2 is 1.81 bits per heavy atom. The van der Waals surface area contributed by atoms with Crippen LogP contribution in [-0.4, -0.2) is 30.8 Å². The second kappa shape index (κ2) is 5.16. The highest BCUT2D eigenvalue weighted by Gasteiger charge is 2.53. The molecule has 0 aromatic heterocycles. The van der Waals surface area contributed by atoms with Gasteiger partial charge in [0, 0.05) is 4.86 Å². The van der Waals surface area contributed by atoms with Gasteiger partial charge in [0.2, 0.25) is 0 Å².